The number of aliphatic carboxylic acids is 1. The van der Waals surface area contributed by atoms with E-state index in [1.165, 1.54) is 6.07 Å². The number of carboxylic acids is 1. The van der Waals surface area contributed by atoms with Gasteiger partial charge in [-0.2, -0.15) is 0 Å². The molecule has 4 N–H and O–H groups in total. The highest BCUT2D eigenvalue weighted by molar-refractivity contribution is 6.33. The standard InChI is InChI=1S/C13H15ClN2O4/c14-9-5-7(12(15)17)1-3-10(9)16-6-8-2-4-11(20-8)13(18)19/h1,3,5,8,11,16H,2,4,6H2,(H2,15,17)(H,18,19). The van der Waals surface area contributed by atoms with Crippen LogP contribution in [0, 0.1) is 0 Å². The Morgan fingerprint density at radius 3 is 2.75 bits per heavy atom. The van der Waals surface area contributed by atoms with E-state index in [0.29, 0.717) is 35.7 Å². The molecule has 1 aromatic rings. The van der Waals surface area contributed by atoms with Crippen LogP contribution in [0.3, 0.4) is 0 Å². The first-order chi connectivity index (χ1) is 9.47. The van der Waals surface area contributed by atoms with Gasteiger partial charge in [-0.15, -0.1) is 0 Å². The van der Waals surface area contributed by atoms with Crippen LogP contribution in [-0.2, 0) is 9.53 Å². The average molecular weight is 299 g/mol. The van der Waals surface area contributed by atoms with Gasteiger partial charge in [0.05, 0.1) is 16.8 Å². The average Bonchev–Trinajstić information content (AvgIpc) is 2.86. The number of carbonyl (C=O) groups is 2. The lowest BCUT2D eigenvalue weighted by Gasteiger charge is -2.14. The van der Waals surface area contributed by atoms with Crippen molar-refractivity contribution in [1.29, 1.82) is 0 Å². The van der Waals surface area contributed by atoms with Gasteiger partial charge in [-0.3, -0.25) is 4.79 Å². The third kappa shape index (κ3) is 3.40. The van der Waals surface area contributed by atoms with Gasteiger partial charge in [-0.25, -0.2) is 4.79 Å². The van der Waals surface area contributed by atoms with Crippen LogP contribution in [0.1, 0.15) is 23.2 Å². The highest BCUT2D eigenvalue weighted by Crippen LogP contribution is 2.25. The number of nitrogens with two attached hydrogens (primary N) is 1. The molecule has 2 atom stereocenters. The van der Waals surface area contributed by atoms with E-state index in [1.54, 1.807) is 12.1 Å². The minimum atomic E-state index is -0.934. The van der Waals surface area contributed by atoms with E-state index in [-0.39, 0.29) is 6.10 Å². The topological polar surface area (TPSA) is 102 Å². The Morgan fingerprint density at radius 1 is 1.45 bits per heavy atom. The molecule has 0 bridgehead atoms. The van der Waals surface area contributed by atoms with Gasteiger partial charge in [0.15, 0.2) is 6.10 Å². The molecule has 1 amide bonds. The van der Waals surface area contributed by atoms with Crippen molar-refractivity contribution in [1.82, 2.24) is 0 Å². The number of amides is 1. The van der Waals surface area contributed by atoms with Crippen LogP contribution >= 0.6 is 11.6 Å². The second-order valence-corrected chi connectivity index (χ2v) is 5.01. The number of primary amides is 1. The number of halogens is 1. The van der Waals surface area contributed by atoms with Crippen molar-refractivity contribution in [3.63, 3.8) is 0 Å². The molecular weight excluding hydrogens is 284 g/mol. The summed E-state index contributed by atoms with van der Waals surface area (Å²) in [4.78, 5) is 21.8. The van der Waals surface area contributed by atoms with Crippen LogP contribution in [0.5, 0.6) is 0 Å². The van der Waals surface area contributed by atoms with Gasteiger partial charge in [0.25, 0.3) is 0 Å². The maximum Gasteiger partial charge on any atom is 0.332 e. The molecule has 0 spiro atoms. The predicted molar refractivity (Wildman–Crippen MR) is 74.0 cm³/mol. The molecule has 1 aliphatic heterocycles. The van der Waals surface area contributed by atoms with Gasteiger partial charge in [0.1, 0.15) is 0 Å². The Hall–Kier alpha value is -1.79. The Labute approximate surface area is 120 Å². The molecule has 0 aliphatic carbocycles. The number of hydrogen-bond donors (Lipinski definition) is 3. The third-order valence-corrected chi connectivity index (χ3v) is 3.47. The van der Waals surface area contributed by atoms with E-state index in [9.17, 15) is 9.59 Å². The summed E-state index contributed by atoms with van der Waals surface area (Å²) in [6.45, 7) is 0.458. The van der Waals surface area contributed by atoms with E-state index >= 15 is 0 Å². The lowest BCUT2D eigenvalue weighted by atomic mass is 10.1. The smallest absolute Gasteiger partial charge is 0.332 e. The molecule has 6 nitrogen and oxygen atoms in total. The summed E-state index contributed by atoms with van der Waals surface area (Å²) in [5.41, 5.74) is 6.14. The van der Waals surface area contributed by atoms with Gasteiger partial charge in [0, 0.05) is 12.1 Å². The molecule has 1 fully saturated rings. The lowest BCUT2D eigenvalue weighted by molar-refractivity contribution is -0.149. The molecule has 0 saturated carbocycles. The number of hydrogen-bond acceptors (Lipinski definition) is 4. The van der Waals surface area contributed by atoms with E-state index in [1.807, 2.05) is 0 Å². The fourth-order valence-corrected chi connectivity index (χ4v) is 2.32. The van der Waals surface area contributed by atoms with Crippen molar-refractivity contribution in [3.8, 4) is 0 Å². The largest absolute Gasteiger partial charge is 0.479 e. The highest BCUT2D eigenvalue weighted by atomic mass is 35.5. The first kappa shape index (κ1) is 14.6. The minimum absolute atomic E-state index is 0.164. The van der Waals surface area contributed by atoms with Gasteiger partial charge < -0.3 is 20.9 Å². The molecule has 1 aliphatic rings. The van der Waals surface area contributed by atoms with Gasteiger partial charge >= 0.3 is 5.97 Å². The first-order valence-corrected chi connectivity index (χ1v) is 6.56. The Morgan fingerprint density at radius 2 is 2.20 bits per heavy atom. The minimum Gasteiger partial charge on any atom is -0.479 e. The molecule has 108 valence electrons. The summed E-state index contributed by atoms with van der Waals surface area (Å²) in [5, 5.41) is 12.3. The second kappa shape index (κ2) is 6.11. The molecular formula is C13H15ClN2O4. The monoisotopic (exact) mass is 298 g/mol. The van der Waals surface area contributed by atoms with Crippen molar-refractivity contribution in [2.75, 3.05) is 11.9 Å². The first-order valence-electron chi connectivity index (χ1n) is 6.19. The number of ether oxygens (including phenoxy) is 1. The van der Waals surface area contributed by atoms with Crippen LogP contribution < -0.4 is 11.1 Å². The van der Waals surface area contributed by atoms with E-state index in [4.69, 9.17) is 27.2 Å². The molecule has 2 unspecified atom stereocenters. The molecule has 1 heterocycles. The van der Waals surface area contributed by atoms with Crippen molar-refractivity contribution in [2.45, 2.75) is 25.0 Å². The van der Waals surface area contributed by atoms with E-state index < -0.39 is 18.0 Å². The second-order valence-electron chi connectivity index (χ2n) is 4.60. The molecule has 0 radical (unpaired) electrons. The maximum absolute atomic E-state index is 11.0. The summed E-state index contributed by atoms with van der Waals surface area (Å²) >= 11 is 6.03. The quantitative estimate of drug-likeness (QED) is 0.764. The molecule has 2 rings (SSSR count). The fourth-order valence-electron chi connectivity index (χ4n) is 2.07. The van der Waals surface area contributed by atoms with Crippen LogP contribution in [0.2, 0.25) is 5.02 Å². The van der Waals surface area contributed by atoms with Gasteiger partial charge in [-0.1, -0.05) is 11.6 Å². The number of carboxylic acid groups (broad SMARTS) is 1. The van der Waals surface area contributed by atoms with Crippen molar-refractivity contribution < 1.29 is 19.4 Å². The Bertz CT molecular complexity index is 535. The SMILES string of the molecule is NC(=O)c1ccc(NCC2CCC(C(=O)O)O2)c(Cl)c1. The molecule has 1 aromatic carbocycles. The number of benzene rings is 1. The number of anilines is 1. The Balaban J connectivity index is 1.92. The van der Waals surface area contributed by atoms with E-state index in [0.717, 1.165) is 0 Å². The molecule has 1 saturated heterocycles. The highest BCUT2D eigenvalue weighted by Gasteiger charge is 2.30. The summed E-state index contributed by atoms with van der Waals surface area (Å²) in [6.07, 6.45) is 0.300. The zero-order chi connectivity index (χ0) is 14.7. The summed E-state index contributed by atoms with van der Waals surface area (Å²) < 4.78 is 5.37. The Kier molecular flexibility index (Phi) is 4.46. The number of nitrogens with one attached hydrogen (secondary N) is 1. The van der Waals surface area contributed by atoms with Crippen molar-refractivity contribution >= 4 is 29.2 Å². The molecule has 0 aromatic heterocycles. The van der Waals surface area contributed by atoms with Crippen LogP contribution in [-0.4, -0.2) is 35.7 Å². The predicted octanol–water partition coefficient (Wildman–Crippen LogP) is 1.48. The maximum atomic E-state index is 11.0. The normalized spacial score (nSPS) is 21.6. The molecule has 20 heavy (non-hydrogen) atoms. The number of carbonyl (C=O) groups excluding carboxylic acids is 1. The van der Waals surface area contributed by atoms with E-state index in [2.05, 4.69) is 5.32 Å². The zero-order valence-electron chi connectivity index (χ0n) is 10.6. The molecule has 7 heteroatoms. The third-order valence-electron chi connectivity index (χ3n) is 3.16. The summed E-state index contributed by atoms with van der Waals surface area (Å²) in [5.74, 6) is -1.47. The lowest BCUT2D eigenvalue weighted by Crippen LogP contribution is -2.24. The van der Waals surface area contributed by atoms with Crippen molar-refractivity contribution in [3.05, 3.63) is 28.8 Å². The van der Waals surface area contributed by atoms with Crippen LogP contribution in [0.15, 0.2) is 18.2 Å². The fraction of sp³-hybridized carbons (Fsp3) is 0.385. The van der Waals surface area contributed by atoms with Crippen LogP contribution in [0.4, 0.5) is 5.69 Å². The van der Waals surface area contributed by atoms with Crippen molar-refractivity contribution in [2.24, 2.45) is 5.73 Å². The van der Waals surface area contributed by atoms with Gasteiger partial charge in [0.2, 0.25) is 5.91 Å². The van der Waals surface area contributed by atoms with Crippen LogP contribution in [0.25, 0.3) is 0 Å². The summed E-state index contributed by atoms with van der Waals surface area (Å²) in [6, 6.07) is 4.72. The summed E-state index contributed by atoms with van der Waals surface area (Å²) in [7, 11) is 0. The van der Waals surface area contributed by atoms with Gasteiger partial charge in [-0.05, 0) is 31.0 Å². The number of rotatable bonds is 5. The zero-order valence-corrected chi connectivity index (χ0v) is 11.4.